The predicted octanol–water partition coefficient (Wildman–Crippen LogP) is 2.10. The van der Waals surface area contributed by atoms with Crippen LogP contribution in [0.1, 0.15) is 12.0 Å². The van der Waals surface area contributed by atoms with E-state index in [-0.39, 0.29) is 30.1 Å². The maximum Gasteiger partial charge on any atom is 0.268 e. The molecule has 2 heterocycles. The molecule has 7 nitrogen and oxygen atoms in total. The van der Waals surface area contributed by atoms with E-state index in [2.05, 4.69) is 10.3 Å². The third-order valence-corrected chi connectivity index (χ3v) is 5.28. The molecule has 3 N–H and O–H groups in total. The fourth-order valence-corrected chi connectivity index (χ4v) is 3.76. The van der Waals surface area contributed by atoms with Gasteiger partial charge in [0.25, 0.3) is 11.8 Å². The molecule has 1 unspecified atom stereocenters. The van der Waals surface area contributed by atoms with Crippen LogP contribution in [0.25, 0.3) is 10.9 Å². The Kier molecular flexibility index (Phi) is 5.05. The molecule has 9 heteroatoms. The molecule has 1 aliphatic heterocycles. The molecule has 154 valence electrons. The van der Waals surface area contributed by atoms with Gasteiger partial charge >= 0.3 is 0 Å². The van der Waals surface area contributed by atoms with Crippen molar-refractivity contribution in [2.24, 2.45) is 0 Å². The Morgan fingerprint density at radius 2 is 2.00 bits per heavy atom. The SMILES string of the molecule is O=C(NCc1cc(F)cc(Cl)c1)C1(O)CCN(c2ccc3[nH]c(=O)ccc3c2)C1=O. The van der Waals surface area contributed by atoms with Crippen LogP contribution in [0.4, 0.5) is 10.1 Å². The van der Waals surface area contributed by atoms with E-state index in [1.807, 2.05) is 0 Å². The van der Waals surface area contributed by atoms with Gasteiger partial charge in [-0.25, -0.2) is 4.39 Å². The van der Waals surface area contributed by atoms with Crippen LogP contribution in [0.2, 0.25) is 5.02 Å². The van der Waals surface area contributed by atoms with Crippen molar-refractivity contribution in [3.63, 3.8) is 0 Å². The monoisotopic (exact) mass is 429 g/mol. The van der Waals surface area contributed by atoms with Crippen LogP contribution in [0, 0.1) is 5.82 Å². The van der Waals surface area contributed by atoms with Gasteiger partial charge in [0.1, 0.15) is 5.82 Å². The Morgan fingerprint density at radius 1 is 1.20 bits per heavy atom. The van der Waals surface area contributed by atoms with E-state index in [0.717, 1.165) is 6.07 Å². The number of hydrogen-bond donors (Lipinski definition) is 3. The average molecular weight is 430 g/mol. The zero-order valence-corrected chi connectivity index (χ0v) is 16.4. The molecule has 0 bridgehead atoms. The van der Waals surface area contributed by atoms with Crippen molar-refractivity contribution in [1.29, 1.82) is 0 Å². The summed E-state index contributed by atoms with van der Waals surface area (Å²) in [4.78, 5) is 40.8. The number of fused-ring (bicyclic) bond motifs is 1. The van der Waals surface area contributed by atoms with E-state index in [1.165, 1.54) is 23.1 Å². The minimum Gasteiger partial charge on any atom is -0.372 e. The number of aromatic nitrogens is 1. The van der Waals surface area contributed by atoms with E-state index >= 15 is 0 Å². The minimum atomic E-state index is -2.23. The summed E-state index contributed by atoms with van der Waals surface area (Å²) >= 11 is 5.80. The maximum absolute atomic E-state index is 13.4. The van der Waals surface area contributed by atoms with Gasteiger partial charge in [-0.1, -0.05) is 11.6 Å². The summed E-state index contributed by atoms with van der Waals surface area (Å²) in [5.74, 6) is -2.16. The molecule has 0 aliphatic carbocycles. The largest absolute Gasteiger partial charge is 0.372 e. The van der Waals surface area contributed by atoms with E-state index in [0.29, 0.717) is 22.2 Å². The Bertz CT molecular complexity index is 1210. The highest BCUT2D eigenvalue weighted by Gasteiger charge is 2.51. The van der Waals surface area contributed by atoms with Crippen molar-refractivity contribution in [2.45, 2.75) is 18.6 Å². The van der Waals surface area contributed by atoms with Gasteiger partial charge in [-0.2, -0.15) is 0 Å². The zero-order chi connectivity index (χ0) is 21.5. The van der Waals surface area contributed by atoms with Crippen LogP contribution in [0.15, 0.2) is 53.3 Å². The topological polar surface area (TPSA) is 102 Å². The lowest BCUT2D eigenvalue weighted by Crippen LogP contribution is -2.52. The van der Waals surface area contributed by atoms with Crippen LogP contribution in [-0.4, -0.2) is 34.1 Å². The smallest absolute Gasteiger partial charge is 0.268 e. The highest BCUT2D eigenvalue weighted by atomic mass is 35.5. The molecule has 0 radical (unpaired) electrons. The molecular weight excluding hydrogens is 413 g/mol. The summed E-state index contributed by atoms with van der Waals surface area (Å²) in [6.45, 7) is 0.0542. The van der Waals surface area contributed by atoms with Crippen LogP contribution in [0.5, 0.6) is 0 Å². The van der Waals surface area contributed by atoms with Gasteiger partial charge in [0.2, 0.25) is 11.2 Å². The number of nitrogens with zero attached hydrogens (tertiary/aromatic N) is 1. The molecule has 1 atom stereocenters. The van der Waals surface area contributed by atoms with Gasteiger partial charge < -0.3 is 20.3 Å². The second kappa shape index (κ2) is 7.55. The Labute approximate surface area is 175 Å². The molecular formula is C21H17ClFN3O4. The summed E-state index contributed by atoms with van der Waals surface area (Å²) in [6.07, 6.45) is -0.0920. The van der Waals surface area contributed by atoms with E-state index < -0.39 is 23.2 Å². The first-order valence-electron chi connectivity index (χ1n) is 9.17. The number of rotatable bonds is 4. The molecule has 4 rings (SSSR count). The van der Waals surface area contributed by atoms with Crippen molar-refractivity contribution in [1.82, 2.24) is 10.3 Å². The number of anilines is 1. The third kappa shape index (κ3) is 3.67. The first kappa shape index (κ1) is 20.1. The van der Waals surface area contributed by atoms with Crippen LogP contribution in [0.3, 0.4) is 0 Å². The number of benzene rings is 2. The summed E-state index contributed by atoms with van der Waals surface area (Å²) in [5, 5.41) is 14.1. The van der Waals surface area contributed by atoms with Crippen LogP contribution < -0.4 is 15.8 Å². The van der Waals surface area contributed by atoms with E-state index in [9.17, 15) is 23.9 Å². The van der Waals surface area contributed by atoms with Crippen molar-refractivity contribution >= 4 is 40.0 Å². The number of hydrogen-bond acceptors (Lipinski definition) is 4. The van der Waals surface area contributed by atoms with E-state index in [1.54, 1.807) is 24.3 Å². The highest BCUT2D eigenvalue weighted by Crippen LogP contribution is 2.30. The standard InChI is InChI=1S/C21H17ClFN3O4/c22-14-7-12(8-15(23)10-14)11-24-19(28)21(30)5-6-26(20(21)29)16-2-3-17-13(9-16)1-4-18(27)25-17/h1-4,7-10,30H,5-6,11H2,(H,24,28)(H,25,27). The van der Waals surface area contributed by atoms with Gasteiger partial charge in [0.15, 0.2) is 0 Å². The molecule has 1 fully saturated rings. The molecule has 1 aromatic heterocycles. The lowest BCUT2D eigenvalue weighted by molar-refractivity contribution is -0.149. The molecule has 3 aromatic rings. The van der Waals surface area contributed by atoms with Gasteiger partial charge in [-0.3, -0.25) is 14.4 Å². The predicted molar refractivity (Wildman–Crippen MR) is 110 cm³/mol. The van der Waals surface area contributed by atoms with Crippen LogP contribution in [-0.2, 0) is 16.1 Å². The molecule has 1 aliphatic rings. The Morgan fingerprint density at radius 3 is 2.77 bits per heavy atom. The zero-order valence-electron chi connectivity index (χ0n) is 15.6. The Balaban J connectivity index is 1.51. The van der Waals surface area contributed by atoms with E-state index in [4.69, 9.17) is 11.6 Å². The maximum atomic E-state index is 13.4. The number of amides is 2. The summed E-state index contributed by atoms with van der Waals surface area (Å²) in [5.41, 5.74) is -0.947. The molecule has 0 saturated carbocycles. The number of nitrogens with one attached hydrogen (secondary N) is 2. The fourth-order valence-electron chi connectivity index (χ4n) is 3.51. The molecule has 2 aromatic carbocycles. The average Bonchev–Trinajstić information content (AvgIpc) is 3.01. The second-order valence-electron chi connectivity index (χ2n) is 7.12. The third-order valence-electron chi connectivity index (χ3n) is 5.07. The minimum absolute atomic E-state index is 0.0881. The number of halogens is 2. The van der Waals surface area contributed by atoms with Crippen molar-refractivity contribution in [3.8, 4) is 0 Å². The first-order valence-corrected chi connectivity index (χ1v) is 9.55. The molecule has 2 amide bonds. The lowest BCUT2D eigenvalue weighted by atomic mass is 10.0. The fraction of sp³-hybridized carbons (Fsp3) is 0.190. The first-order chi connectivity index (χ1) is 14.3. The summed E-state index contributed by atoms with van der Waals surface area (Å²) in [7, 11) is 0. The molecule has 0 spiro atoms. The van der Waals surface area contributed by atoms with Crippen molar-refractivity contribution in [2.75, 3.05) is 11.4 Å². The van der Waals surface area contributed by atoms with Crippen LogP contribution >= 0.6 is 11.6 Å². The number of H-pyrrole nitrogens is 1. The number of carbonyl (C=O) groups is 2. The van der Waals surface area contributed by atoms with Gasteiger partial charge in [-0.05, 0) is 48.0 Å². The number of pyridine rings is 1. The van der Waals surface area contributed by atoms with Gasteiger partial charge in [0, 0.05) is 47.2 Å². The normalized spacial score (nSPS) is 18.8. The van der Waals surface area contributed by atoms with Crippen molar-refractivity contribution < 1.29 is 19.1 Å². The second-order valence-corrected chi connectivity index (χ2v) is 7.56. The van der Waals surface area contributed by atoms with Gasteiger partial charge in [0.05, 0.1) is 0 Å². The number of aliphatic hydroxyl groups is 1. The number of carbonyl (C=O) groups excluding carboxylic acids is 2. The quantitative estimate of drug-likeness (QED) is 0.553. The summed E-state index contributed by atoms with van der Waals surface area (Å²) < 4.78 is 13.4. The summed E-state index contributed by atoms with van der Waals surface area (Å²) in [6, 6.07) is 11.8. The number of aromatic amines is 1. The highest BCUT2D eigenvalue weighted by molar-refractivity contribution is 6.30. The lowest BCUT2D eigenvalue weighted by Gasteiger charge is -2.22. The van der Waals surface area contributed by atoms with Crippen molar-refractivity contribution in [3.05, 3.63) is 75.3 Å². The molecule has 30 heavy (non-hydrogen) atoms. The molecule has 1 saturated heterocycles. The Hall–Kier alpha value is -3.23. The van der Waals surface area contributed by atoms with Gasteiger partial charge in [-0.15, -0.1) is 0 Å².